The molecule has 0 saturated heterocycles. The minimum atomic E-state index is -0.273. The zero-order chi connectivity index (χ0) is 8.97. The Morgan fingerprint density at radius 1 is 1.67 bits per heavy atom. The van der Waals surface area contributed by atoms with Gasteiger partial charge < -0.3 is 5.32 Å². The molecule has 0 aliphatic heterocycles. The molecule has 1 N–H and O–H groups in total. The lowest BCUT2D eigenvalue weighted by molar-refractivity contribution is 0.578. The summed E-state index contributed by atoms with van der Waals surface area (Å²) in [6.45, 7) is 3.27. The molecule has 0 atom stereocenters. The molecular formula is C8H10BrFN2. The van der Waals surface area contributed by atoms with Crippen LogP contribution in [0, 0.1) is 5.82 Å². The summed E-state index contributed by atoms with van der Waals surface area (Å²) < 4.78 is 13.7. The van der Waals surface area contributed by atoms with Gasteiger partial charge in [0.2, 0.25) is 0 Å². The molecule has 0 spiro atoms. The second-order valence-corrected chi connectivity index (χ2v) is 3.28. The Balaban J connectivity index is 2.72. The Labute approximate surface area is 79.3 Å². The lowest BCUT2D eigenvalue weighted by Gasteiger charge is -2.02. The fourth-order valence-corrected chi connectivity index (χ4v) is 1.12. The van der Waals surface area contributed by atoms with Crippen molar-refractivity contribution in [3.8, 4) is 0 Å². The number of aromatic nitrogens is 1. The van der Waals surface area contributed by atoms with E-state index >= 15 is 0 Å². The Bertz CT molecular complexity index is 265. The predicted octanol–water partition coefficient (Wildman–Crippen LogP) is 2.09. The molecule has 1 heterocycles. The van der Waals surface area contributed by atoms with Crippen molar-refractivity contribution in [1.29, 1.82) is 0 Å². The van der Waals surface area contributed by atoms with E-state index in [-0.39, 0.29) is 5.82 Å². The average Bonchev–Trinajstić information content (AvgIpc) is 2.03. The molecule has 1 aromatic heterocycles. The van der Waals surface area contributed by atoms with Crippen LogP contribution in [0.4, 0.5) is 4.39 Å². The van der Waals surface area contributed by atoms with Gasteiger partial charge in [0.15, 0.2) is 0 Å². The van der Waals surface area contributed by atoms with Crippen LogP contribution >= 0.6 is 15.9 Å². The van der Waals surface area contributed by atoms with E-state index in [1.807, 2.05) is 6.92 Å². The van der Waals surface area contributed by atoms with Crippen molar-refractivity contribution in [3.63, 3.8) is 0 Å². The van der Waals surface area contributed by atoms with Crippen LogP contribution in [0.15, 0.2) is 16.7 Å². The number of halogens is 2. The second-order valence-electron chi connectivity index (χ2n) is 2.36. The highest BCUT2D eigenvalue weighted by atomic mass is 79.9. The minimum absolute atomic E-state index is 0.273. The standard InChI is InChI=1S/C8H10BrFN2/c1-2-11-5-8-7(10)3-6(9)4-12-8/h3-4,11H,2,5H2,1H3. The molecule has 0 aliphatic carbocycles. The van der Waals surface area contributed by atoms with E-state index in [0.717, 1.165) is 6.54 Å². The molecule has 0 radical (unpaired) electrons. The minimum Gasteiger partial charge on any atom is -0.311 e. The third-order valence-electron chi connectivity index (χ3n) is 1.43. The first kappa shape index (κ1) is 9.61. The molecule has 0 bridgehead atoms. The first-order valence-corrected chi connectivity index (χ1v) is 4.54. The molecule has 0 aromatic carbocycles. The topological polar surface area (TPSA) is 24.9 Å². The van der Waals surface area contributed by atoms with Crippen molar-refractivity contribution in [1.82, 2.24) is 10.3 Å². The fourth-order valence-electron chi connectivity index (χ4n) is 0.816. The summed E-state index contributed by atoms with van der Waals surface area (Å²) in [5.41, 5.74) is 0.458. The summed E-state index contributed by atoms with van der Waals surface area (Å²) in [5, 5.41) is 3.01. The van der Waals surface area contributed by atoms with Gasteiger partial charge in [-0.1, -0.05) is 6.92 Å². The van der Waals surface area contributed by atoms with Crippen LogP contribution in [-0.4, -0.2) is 11.5 Å². The number of nitrogens with zero attached hydrogens (tertiary/aromatic N) is 1. The van der Waals surface area contributed by atoms with Gasteiger partial charge in [-0.25, -0.2) is 4.39 Å². The lowest BCUT2D eigenvalue weighted by atomic mass is 10.3. The van der Waals surface area contributed by atoms with Gasteiger partial charge in [-0.2, -0.15) is 0 Å². The van der Waals surface area contributed by atoms with Crippen molar-refractivity contribution >= 4 is 15.9 Å². The van der Waals surface area contributed by atoms with Crippen molar-refractivity contribution in [2.24, 2.45) is 0 Å². The monoisotopic (exact) mass is 232 g/mol. The zero-order valence-electron chi connectivity index (χ0n) is 6.77. The quantitative estimate of drug-likeness (QED) is 0.864. The number of rotatable bonds is 3. The van der Waals surface area contributed by atoms with E-state index in [9.17, 15) is 4.39 Å². The summed E-state index contributed by atoms with van der Waals surface area (Å²) in [7, 11) is 0. The van der Waals surface area contributed by atoms with E-state index in [4.69, 9.17) is 0 Å². The van der Waals surface area contributed by atoms with Gasteiger partial charge in [0.25, 0.3) is 0 Å². The van der Waals surface area contributed by atoms with Crippen LogP contribution in [0.1, 0.15) is 12.6 Å². The Hall–Kier alpha value is -0.480. The van der Waals surface area contributed by atoms with E-state index in [2.05, 4.69) is 26.2 Å². The average molecular weight is 233 g/mol. The van der Waals surface area contributed by atoms with Crippen LogP contribution in [0.3, 0.4) is 0 Å². The summed E-state index contributed by atoms with van der Waals surface area (Å²) in [4.78, 5) is 3.93. The number of hydrogen-bond donors (Lipinski definition) is 1. The lowest BCUT2D eigenvalue weighted by Crippen LogP contribution is -2.14. The largest absolute Gasteiger partial charge is 0.311 e. The zero-order valence-corrected chi connectivity index (χ0v) is 8.36. The van der Waals surface area contributed by atoms with Crippen LogP contribution in [0.5, 0.6) is 0 Å². The van der Waals surface area contributed by atoms with Gasteiger partial charge in [-0.3, -0.25) is 4.98 Å². The van der Waals surface area contributed by atoms with Crippen molar-refractivity contribution in [2.75, 3.05) is 6.54 Å². The smallest absolute Gasteiger partial charge is 0.147 e. The molecular weight excluding hydrogens is 223 g/mol. The number of hydrogen-bond acceptors (Lipinski definition) is 2. The molecule has 4 heteroatoms. The summed E-state index contributed by atoms with van der Waals surface area (Å²) in [6, 6.07) is 1.42. The summed E-state index contributed by atoms with van der Waals surface area (Å²) in [6.07, 6.45) is 1.59. The second kappa shape index (κ2) is 4.52. The van der Waals surface area contributed by atoms with Gasteiger partial charge >= 0.3 is 0 Å². The molecule has 66 valence electrons. The van der Waals surface area contributed by atoms with Gasteiger partial charge in [-0.05, 0) is 28.5 Å². The summed E-state index contributed by atoms with van der Waals surface area (Å²) >= 11 is 3.14. The number of nitrogens with one attached hydrogen (secondary N) is 1. The molecule has 0 aliphatic rings. The number of pyridine rings is 1. The van der Waals surface area contributed by atoms with Crippen LogP contribution in [0.2, 0.25) is 0 Å². The molecule has 0 saturated carbocycles. The first-order chi connectivity index (χ1) is 5.74. The molecule has 12 heavy (non-hydrogen) atoms. The maximum atomic E-state index is 13.0. The van der Waals surface area contributed by atoms with Crippen LogP contribution in [0.25, 0.3) is 0 Å². The van der Waals surface area contributed by atoms with Gasteiger partial charge in [0, 0.05) is 17.2 Å². The van der Waals surface area contributed by atoms with Crippen molar-refractivity contribution in [3.05, 3.63) is 28.2 Å². The first-order valence-electron chi connectivity index (χ1n) is 3.74. The van der Waals surface area contributed by atoms with Gasteiger partial charge in [0.05, 0.1) is 5.69 Å². The molecule has 1 rings (SSSR count). The highest BCUT2D eigenvalue weighted by molar-refractivity contribution is 9.10. The SMILES string of the molecule is CCNCc1ncc(Br)cc1F. The molecule has 2 nitrogen and oxygen atoms in total. The van der Waals surface area contributed by atoms with E-state index in [1.165, 1.54) is 6.07 Å². The maximum Gasteiger partial charge on any atom is 0.147 e. The predicted molar refractivity (Wildman–Crippen MR) is 49.3 cm³/mol. The normalized spacial score (nSPS) is 10.2. The Morgan fingerprint density at radius 2 is 2.42 bits per heavy atom. The van der Waals surface area contributed by atoms with E-state index < -0.39 is 0 Å². The molecule has 0 fully saturated rings. The molecule has 0 amide bonds. The fraction of sp³-hybridized carbons (Fsp3) is 0.375. The van der Waals surface area contributed by atoms with Crippen molar-refractivity contribution < 1.29 is 4.39 Å². The van der Waals surface area contributed by atoms with E-state index in [1.54, 1.807) is 6.20 Å². The van der Waals surface area contributed by atoms with Crippen molar-refractivity contribution in [2.45, 2.75) is 13.5 Å². The van der Waals surface area contributed by atoms with Crippen LogP contribution in [-0.2, 0) is 6.54 Å². The summed E-state index contributed by atoms with van der Waals surface area (Å²) in [5.74, 6) is -0.273. The molecule has 1 aromatic rings. The Kier molecular flexibility index (Phi) is 3.62. The van der Waals surface area contributed by atoms with E-state index in [0.29, 0.717) is 16.7 Å². The Morgan fingerprint density at radius 3 is 3.00 bits per heavy atom. The third-order valence-corrected chi connectivity index (χ3v) is 1.86. The highest BCUT2D eigenvalue weighted by Crippen LogP contribution is 2.11. The maximum absolute atomic E-state index is 13.0. The third kappa shape index (κ3) is 2.53. The van der Waals surface area contributed by atoms with Gasteiger partial charge in [-0.15, -0.1) is 0 Å². The van der Waals surface area contributed by atoms with Gasteiger partial charge in [0.1, 0.15) is 5.82 Å². The van der Waals surface area contributed by atoms with Crippen LogP contribution < -0.4 is 5.32 Å². The molecule has 0 unspecified atom stereocenters. The highest BCUT2D eigenvalue weighted by Gasteiger charge is 2.02.